The van der Waals surface area contributed by atoms with E-state index in [1.54, 1.807) is 12.4 Å². The highest BCUT2D eigenvalue weighted by Crippen LogP contribution is 1.96. The van der Waals surface area contributed by atoms with Crippen molar-refractivity contribution in [1.82, 2.24) is 9.97 Å². The highest BCUT2D eigenvalue weighted by molar-refractivity contribution is 9.10. The van der Waals surface area contributed by atoms with Gasteiger partial charge in [-0.1, -0.05) is 0 Å². The van der Waals surface area contributed by atoms with Crippen molar-refractivity contribution in [3.63, 3.8) is 0 Å². The van der Waals surface area contributed by atoms with Gasteiger partial charge >= 0.3 is 0 Å². The van der Waals surface area contributed by atoms with Crippen molar-refractivity contribution in [3.05, 3.63) is 17.0 Å². The predicted molar refractivity (Wildman–Crippen MR) is 37.9 cm³/mol. The third-order valence-corrected chi connectivity index (χ3v) is 1.16. The number of nitrogens with zero attached hydrogens (tertiary/aromatic N) is 2. The van der Waals surface area contributed by atoms with Crippen molar-refractivity contribution in [3.8, 4) is 0 Å². The van der Waals surface area contributed by atoms with Gasteiger partial charge in [-0.15, -0.1) is 0 Å². The quantitative estimate of drug-likeness (QED) is 0.491. The van der Waals surface area contributed by atoms with E-state index >= 15 is 0 Å². The lowest BCUT2D eigenvalue weighted by Crippen LogP contribution is -2.07. The fraction of sp³-hybridized carbons (Fsp3) is 0. The van der Waals surface area contributed by atoms with Crippen LogP contribution in [0, 0.1) is 0 Å². The topological polar surface area (TPSA) is 25.8 Å². The minimum Gasteiger partial charge on any atom is -0.268 e. The summed E-state index contributed by atoms with van der Waals surface area (Å²) in [6.45, 7) is 0. The molecule has 0 radical (unpaired) electrons. The molecule has 0 bridgehead atoms. The van der Waals surface area contributed by atoms with Gasteiger partial charge in [-0.2, -0.15) is 0 Å². The number of aromatic nitrogens is 2. The molecule has 1 heterocycles. The lowest BCUT2D eigenvalue weighted by atomic mass is 10.1. The Balaban J connectivity index is 3.03. The van der Waals surface area contributed by atoms with Crippen LogP contribution in [0.2, 0.25) is 0 Å². The van der Waals surface area contributed by atoms with E-state index in [-0.39, 0.29) is 0 Å². The van der Waals surface area contributed by atoms with Gasteiger partial charge < -0.3 is 0 Å². The molecule has 1 rings (SSSR count). The fourth-order valence-electron chi connectivity index (χ4n) is 0.377. The van der Waals surface area contributed by atoms with Crippen LogP contribution < -0.4 is 5.59 Å². The van der Waals surface area contributed by atoms with E-state index in [2.05, 4.69) is 25.9 Å². The van der Waals surface area contributed by atoms with E-state index in [0.29, 0.717) is 0 Å². The summed E-state index contributed by atoms with van der Waals surface area (Å²) in [7, 11) is 1.90. The minimum atomic E-state index is 0.781. The lowest BCUT2D eigenvalue weighted by molar-refractivity contribution is 1.20. The average molecular weight is 171 g/mol. The van der Waals surface area contributed by atoms with Gasteiger partial charge in [0.25, 0.3) is 0 Å². The zero-order chi connectivity index (χ0) is 5.98. The molecule has 40 valence electrons. The highest BCUT2D eigenvalue weighted by Gasteiger charge is 1.84. The standard InChI is InChI=1S/C4H4BBrN2/c5-3-1-8-4(6)2-7-3/h1-2H,5H2. The Morgan fingerprint density at radius 1 is 1.38 bits per heavy atom. The van der Waals surface area contributed by atoms with Gasteiger partial charge in [0.2, 0.25) is 0 Å². The minimum absolute atomic E-state index is 0.781. The summed E-state index contributed by atoms with van der Waals surface area (Å²) in [6.07, 6.45) is 3.39. The molecule has 0 saturated heterocycles. The molecule has 4 heteroatoms. The fourth-order valence-corrected chi connectivity index (χ4v) is 0.582. The molecule has 1 aromatic heterocycles. The molecule has 1 aromatic rings. The Hall–Kier alpha value is -0.375. The number of halogens is 1. The Labute approximate surface area is 56.9 Å². The molecule has 0 fully saturated rings. The molecule has 0 N–H and O–H groups in total. The molecule has 0 amide bonds. The molecule has 0 aliphatic heterocycles. The molecule has 0 aromatic carbocycles. The van der Waals surface area contributed by atoms with Crippen molar-refractivity contribution in [2.75, 3.05) is 0 Å². The summed E-state index contributed by atoms with van der Waals surface area (Å²) in [5.41, 5.74) is 0.938. The van der Waals surface area contributed by atoms with Crippen LogP contribution in [-0.2, 0) is 0 Å². The Kier molecular flexibility index (Phi) is 1.63. The Morgan fingerprint density at radius 3 is 2.50 bits per heavy atom. The Morgan fingerprint density at radius 2 is 2.12 bits per heavy atom. The van der Waals surface area contributed by atoms with Gasteiger partial charge in [0.05, 0.1) is 6.20 Å². The van der Waals surface area contributed by atoms with Crippen molar-refractivity contribution in [1.29, 1.82) is 0 Å². The summed E-state index contributed by atoms with van der Waals surface area (Å²) < 4.78 is 0.781. The second kappa shape index (κ2) is 2.26. The van der Waals surface area contributed by atoms with Crippen LogP contribution in [0.5, 0.6) is 0 Å². The van der Waals surface area contributed by atoms with Crippen LogP contribution in [0.4, 0.5) is 0 Å². The molecule has 0 atom stereocenters. The van der Waals surface area contributed by atoms with E-state index in [1.165, 1.54) is 0 Å². The van der Waals surface area contributed by atoms with Gasteiger partial charge in [0.15, 0.2) is 7.85 Å². The van der Waals surface area contributed by atoms with Crippen molar-refractivity contribution in [2.45, 2.75) is 0 Å². The normalized spacial score (nSPS) is 9.12. The van der Waals surface area contributed by atoms with Crippen LogP contribution in [0.15, 0.2) is 17.0 Å². The van der Waals surface area contributed by atoms with Crippen LogP contribution in [0.3, 0.4) is 0 Å². The van der Waals surface area contributed by atoms with E-state index in [1.807, 2.05) is 7.85 Å². The van der Waals surface area contributed by atoms with Crippen LogP contribution >= 0.6 is 15.9 Å². The third-order valence-electron chi connectivity index (χ3n) is 0.749. The summed E-state index contributed by atoms with van der Waals surface area (Å²) in [5, 5.41) is 0. The molecular weight excluding hydrogens is 167 g/mol. The molecule has 0 saturated carbocycles. The smallest absolute Gasteiger partial charge is 0.166 e. The Bertz CT molecular complexity index is 153. The summed E-state index contributed by atoms with van der Waals surface area (Å²) >= 11 is 3.17. The van der Waals surface area contributed by atoms with E-state index in [9.17, 15) is 0 Å². The van der Waals surface area contributed by atoms with E-state index in [4.69, 9.17) is 0 Å². The molecule has 0 aliphatic carbocycles. The van der Waals surface area contributed by atoms with Crippen LogP contribution in [0.25, 0.3) is 0 Å². The SMILES string of the molecule is Bc1cnc(Br)cn1. The predicted octanol–water partition coefficient (Wildman–Crippen LogP) is -0.502. The first kappa shape index (κ1) is 5.76. The maximum atomic E-state index is 3.97. The van der Waals surface area contributed by atoms with E-state index < -0.39 is 0 Å². The maximum absolute atomic E-state index is 3.97. The molecule has 0 aliphatic rings. The molecule has 2 nitrogen and oxygen atoms in total. The lowest BCUT2D eigenvalue weighted by Gasteiger charge is -1.87. The maximum Gasteiger partial charge on any atom is 0.166 e. The van der Waals surface area contributed by atoms with Crippen molar-refractivity contribution in [2.24, 2.45) is 0 Å². The largest absolute Gasteiger partial charge is 0.268 e. The average Bonchev–Trinajstić information content (AvgIpc) is 1.77. The monoisotopic (exact) mass is 170 g/mol. The first-order chi connectivity index (χ1) is 3.79. The molecule has 0 spiro atoms. The zero-order valence-electron chi connectivity index (χ0n) is 4.43. The van der Waals surface area contributed by atoms with Gasteiger partial charge in [0, 0.05) is 11.8 Å². The highest BCUT2D eigenvalue weighted by atomic mass is 79.9. The van der Waals surface area contributed by atoms with Crippen molar-refractivity contribution >= 4 is 29.4 Å². The van der Waals surface area contributed by atoms with Crippen LogP contribution in [0.1, 0.15) is 0 Å². The molecule has 0 unspecified atom stereocenters. The number of hydrogen-bond acceptors (Lipinski definition) is 2. The summed E-state index contributed by atoms with van der Waals surface area (Å²) in [4.78, 5) is 7.90. The van der Waals surface area contributed by atoms with E-state index in [0.717, 1.165) is 10.2 Å². The van der Waals surface area contributed by atoms with Gasteiger partial charge in [-0.3, -0.25) is 4.98 Å². The number of hydrogen-bond donors (Lipinski definition) is 0. The molecule has 8 heavy (non-hydrogen) atoms. The number of rotatable bonds is 0. The summed E-state index contributed by atoms with van der Waals surface area (Å²) in [5.74, 6) is 0. The first-order valence-electron chi connectivity index (χ1n) is 2.23. The zero-order valence-corrected chi connectivity index (χ0v) is 6.01. The van der Waals surface area contributed by atoms with Gasteiger partial charge in [-0.05, 0) is 15.9 Å². The molecular formula is C4H4BBrN2. The van der Waals surface area contributed by atoms with Crippen molar-refractivity contribution < 1.29 is 0 Å². The van der Waals surface area contributed by atoms with Gasteiger partial charge in [0.1, 0.15) is 4.60 Å². The van der Waals surface area contributed by atoms with Gasteiger partial charge in [-0.25, -0.2) is 4.98 Å². The van der Waals surface area contributed by atoms with Crippen LogP contribution in [-0.4, -0.2) is 17.8 Å². The third kappa shape index (κ3) is 1.30. The first-order valence-corrected chi connectivity index (χ1v) is 3.02. The second-order valence-corrected chi connectivity index (χ2v) is 2.29. The second-order valence-electron chi connectivity index (χ2n) is 1.48. The summed E-state index contributed by atoms with van der Waals surface area (Å²) in [6, 6.07) is 0.